The Kier molecular flexibility index (Phi) is 8.09. The number of phosphoric ester groups is 1. The zero-order valence-electron chi connectivity index (χ0n) is 15.4. The van der Waals surface area contributed by atoms with Crippen molar-refractivity contribution in [2.24, 2.45) is 17.8 Å². The topological polar surface area (TPSA) is 44.8 Å². The van der Waals surface area contributed by atoms with Gasteiger partial charge in [0, 0.05) is 0 Å². The Morgan fingerprint density at radius 3 is 1.29 bits per heavy atom. The monoisotopic (exact) mass is 342 g/mol. The Balaban J connectivity index is 5.82. The van der Waals surface area contributed by atoms with Gasteiger partial charge in [-0.15, -0.1) is 0 Å². The summed E-state index contributed by atoms with van der Waals surface area (Å²) in [7, 11) is -0.690. The van der Waals surface area contributed by atoms with Crippen molar-refractivity contribution in [3.8, 4) is 0 Å². The minimum absolute atomic E-state index is 0.479. The average Bonchev–Trinajstić information content (AvgIpc) is 2.24. The molecule has 130 valence electrons. The molecule has 0 spiro atoms. The molecule has 0 atom stereocenters. The van der Waals surface area contributed by atoms with Crippen LogP contribution < -0.4 is 0 Å². The van der Waals surface area contributed by atoms with Crippen LogP contribution in [0.5, 0.6) is 0 Å². The molecular formula is C15H36O4P2. The summed E-state index contributed by atoms with van der Waals surface area (Å²) < 4.78 is 29.2. The molecule has 6 heteroatoms. The van der Waals surface area contributed by atoms with E-state index in [9.17, 15) is 4.57 Å². The molecule has 21 heavy (non-hydrogen) atoms. The quantitative estimate of drug-likeness (QED) is 0.494. The second-order valence-corrected chi connectivity index (χ2v) is 15.6. The maximum absolute atomic E-state index is 12.7. The summed E-state index contributed by atoms with van der Waals surface area (Å²) in [5.74, 6) is 1.44. The molecule has 0 aromatic rings. The molecule has 0 aliphatic rings. The zero-order chi connectivity index (χ0) is 16.9. The molecule has 0 heterocycles. The van der Waals surface area contributed by atoms with Crippen molar-refractivity contribution in [3.63, 3.8) is 0 Å². The van der Waals surface area contributed by atoms with Gasteiger partial charge in [0.05, 0.1) is 0 Å². The van der Waals surface area contributed by atoms with Crippen molar-refractivity contribution in [2.75, 3.05) is 39.4 Å². The van der Waals surface area contributed by atoms with E-state index in [-0.39, 0.29) is 0 Å². The Labute approximate surface area is 131 Å². The molecule has 4 nitrogen and oxygen atoms in total. The second-order valence-electron chi connectivity index (χ2n) is 7.81. The first-order valence-corrected chi connectivity index (χ1v) is 12.4. The van der Waals surface area contributed by atoms with Crippen LogP contribution in [0.25, 0.3) is 0 Å². The third kappa shape index (κ3) is 7.10. The van der Waals surface area contributed by atoms with Gasteiger partial charge in [-0.1, -0.05) is 0 Å². The van der Waals surface area contributed by atoms with E-state index < -0.39 is 14.7 Å². The molecule has 0 rings (SSSR count). The van der Waals surface area contributed by atoms with E-state index >= 15 is 0 Å². The molecule has 0 aromatic carbocycles. The summed E-state index contributed by atoms with van der Waals surface area (Å²) in [6, 6.07) is 0. The van der Waals surface area contributed by atoms with E-state index in [1.54, 1.807) is 0 Å². The first kappa shape index (κ1) is 21.5. The van der Waals surface area contributed by atoms with Gasteiger partial charge in [-0.05, 0) is 0 Å². The van der Waals surface area contributed by atoms with Crippen molar-refractivity contribution in [3.05, 3.63) is 0 Å². The van der Waals surface area contributed by atoms with Gasteiger partial charge in [0.25, 0.3) is 0 Å². The average molecular weight is 342 g/mol. The van der Waals surface area contributed by atoms with Gasteiger partial charge in [-0.3, -0.25) is 0 Å². The van der Waals surface area contributed by atoms with E-state index in [2.05, 4.69) is 48.2 Å². The van der Waals surface area contributed by atoms with Crippen LogP contribution in [-0.4, -0.2) is 39.4 Å². The molecule has 0 saturated heterocycles. The summed E-state index contributed by atoms with van der Waals surface area (Å²) in [5, 5.41) is 0. The van der Waals surface area contributed by atoms with Crippen LogP contribution >= 0.6 is 14.7 Å². The van der Waals surface area contributed by atoms with Crippen LogP contribution in [0.1, 0.15) is 41.5 Å². The van der Waals surface area contributed by atoms with Crippen LogP contribution in [0, 0.1) is 17.8 Å². The molecule has 0 unspecified atom stereocenters. The van der Waals surface area contributed by atoms with Crippen molar-refractivity contribution in [1.82, 2.24) is 0 Å². The molecule has 0 bridgehead atoms. The Morgan fingerprint density at radius 2 is 1.10 bits per heavy atom. The standard InChI is InChI=1S/C15H36O4P2/c1-13(2)10-21(9,11-14(3)4,12-15(5)6)19-20(16,17-7)18-8/h13-15H,10-12H2,1-9H3. The predicted molar refractivity (Wildman–Crippen MR) is 94.7 cm³/mol. The van der Waals surface area contributed by atoms with Crippen molar-refractivity contribution >= 4 is 14.7 Å². The minimum atomic E-state index is -3.48. The predicted octanol–water partition coefficient (Wildman–Crippen LogP) is 5.47. The summed E-state index contributed by atoms with van der Waals surface area (Å²) >= 11 is 0. The van der Waals surface area contributed by atoms with Crippen LogP contribution in [0.4, 0.5) is 0 Å². The third-order valence-corrected chi connectivity index (χ3v) is 12.5. The SMILES string of the molecule is COP(=O)(OC)OP(C)(CC(C)C)(CC(C)C)CC(C)C. The first-order valence-electron chi connectivity index (χ1n) is 7.81. The van der Waals surface area contributed by atoms with Gasteiger partial charge in [-0.2, -0.15) is 0 Å². The van der Waals surface area contributed by atoms with E-state index in [1.807, 2.05) is 0 Å². The summed E-state index contributed by atoms with van der Waals surface area (Å²) in [6.45, 7) is 12.7. The molecule has 0 fully saturated rings. The summed E-state index contributed by atoms with van der Waals surface area (Å²) in [6.07, 6.45) is 2.83. The fourth-order valence-electron chi connectivity index (χ4n) is 3.87. The first-order chi connectivity index (χ1) is 9.38. The fraction of sp³-hybridized carbons (Fsp3) is 1.00. The van der Waals surface area contributed by atoms with Gasteiger partial charge in [0.15, 0.2) is 0 Å². The molecule has 0 aliphatic heterocycles. The van der Waals surface area contributed by atoms with Crippen LogP contribution in [-0.2, 0) is 17.9 Å². The number of rotatable bonds is 10. The van der Waals surface area contributed by atoms with E-state index in [0.717, 1.165) is 18.5 Å². The van der Waals surface area contributed by atoms with Crippen LogP contribution in [0.3, 0.4) is 0 Å². The Hall–Kier alpha value is 0.540. The maximum atomic E-state index is 12.7. The Morgan fingerprint density at radius 1 is 0.810 bits per heavy atom. The van der Waals surface area contributed by atoms with Gasteiger partial charge in [-0.25, -0.2) is 0 Å². The summed E-state index contributed by atoms with van der Waals surface area (Å²) in [4.78, 5) is 0. The zero-order valence-corrected chi connectivity index (χ0v) is 17.2. The third-order valence-electron chi connectivity index (χ3n) is 3.44. The van der Waals surface area contributed by atoms with Gasteiger partial charge < -0.3 is 0 Å². The fourth-order valence-corrected chi connectivity index (χ4v) is 14.5. The molecule has 0 saturated carbocycles. The normalized spacial score (nSPS) is 15.7. The van der Waals surface area contributed by atoms with E-state index in [4.69, 9.17) is 13.4 Å². The van der Waals surface area contributed by atoms with Gasteiger partial charge >= 0.3 is 131 Å². The van der Waals surface area contributed by atoms with Gasteiger partial charge in [0.2, 0.25) is 0 Å². The molecule has 0 aromatic heterocycles. The number of phosphoric acid groups is 1. The second kappa shape index (κ2) is 7.88. The van der Waals surface area contributed by atoms with Crippen molar-refractivity contribution < 1.29 is 17.9 Å². The molecule has 0 radical (unpaired) electrons. The summed E-state index contributed by atoms with van der Waals surface area (Å²) in [5.41, 5.74) is 0. The van der Waals surface area contributed by atoms with Crippen LogP contribution in [0.2, 0.25) is 0 Å². The van der Waals surface area contributed by atoms with Crippen molar-refractivity contribution in [2.45, 2.75) is 41.5 Å². The Bertz CT molecular complexity index is 329. The number of hydrogen-bond acceptors (Lipinski definition) is 4. The van der Waals surface area contributed by atoms with Crippen molar-refractivity contribution in [1.29, 1.82) is 0 Å². The number of hydrogen-bond donors (Lipinski definition) is 0. The molecular weight excluding hydrogens is 306 g/mol. The molecule has 0 amide bonds. The van der Waals surface area contributed by atoms with Crippen LogP contribution in [0.15, 0.2) is 0 Å². The van der Waals surface area contributed by atoms with Gasteiger partial charge in [0.1, 0.15) is 0 Å². The van der Waals surface area contributed by atoms with E-state index in [0.29, 0.717) is 17.8 Å². The molecule has 0 N–H and O–H groups in total. The molecule has 0 aliphatic carbocycles. The van der Waals surface area contributed by atoms with E-state index in [1.165, 1.54) is 14.2 Å².